The fraction of sp³-hybridized carbons (Fsp3) is 0.519. The number of nitrogens with one attached hydrogen (secondary N) is 2. The predicted octanol–water partition coefficient (Wildman–Crippen LogP) is 4.16. The third-order valence-electron chi connectivity index (χ3n) is 6.93. The topological polar surface area (TPSA) is 124 Å². The van der Waals surface area contributed by atoms with E-state index in [0.717, 1.165) is 36.9 Å². The molecule has 2 aromatic heterocycles. The van der Waals surface area contributed by atoms with Crippen molar-refractivity contribution in [1.29, 1.82) is 0 Å². The Morgan fingerprint density at radius 2 is 1.81 bits per heavy atom. The molecule has 0 aliphatic heterocycles. The molecule has 4 rings (SSSR count). The van der Waals surface area contributed by atoms with Crippen LogP contribution in [0.2, 0.25) is 0 Å². The Bertz CT molecular complexity index is 1390. The van der Waals surface area contributed by atoms with Gasteiger partial charge in [-0.15, -0.1) is 0 Å². The van der Waals surface area contributed by atoms with E-state index in [4.69, 9.17) is 9.47 Å². The van der Waals surface area contributed by atoms with E-state index in [2.05, 4.69) is 27.6 Å². The molecule has 2 heterocycles. The van der Waals surface area contributed by atoms with Crippen LogP contribution >= 0.6 is 0 Å². The van der Waals surface area contributed by atoms with Crippen molar-refractivity contribution in [2.75, 3.05) is 17.7 Å². The number of pyridine rings is 1. The van der Waals surface area contributed by atoms with Crippen LogP contribution in [0.15, 0.2) is 28.0 Å². The highest BCUT2D eigenvalue weighted by atomic mass is 16.6. The minimum absolute atomic E-state index is 0.0314. The molecule has 0 spiro atoms. The highest BCUT2D eigenvalue weighted by molar-refractivity contribution is 5.94. The average Bonchev–Trinajstić information content (AvgIpc) is 3.41. The van der Waals surface area contributed by atoms with Crippen molar-refractivity contribution < 1.29 is 14.3 Å². The van der Waals surface area contributed by atoms with Crippen LogP contribution in [0.1, 0.15) is 81.2 Å². The van der Waals surface area contributed by atoms with Crippen molar-refractivity contribution >= 4 is 23.0 Å². The van der Waals surface area contributed by atoms with Crippen molar-refractivity contribution in [3.05, 3.63) is 55.9 Å². The zero-order chi connectivity index (χ0) is 27.1. The predicted molar refractivity (Wildman–Crippen MR) is 141 cm³/mol. The van der Waals surface area contributed by atoms with Crippen LogP contribution < -0.4 is 26.2 Å². The van der Waals surface area contributed by atoms with E-state index in [9.17, 15) is 14.4 Å². The SMILES string of the molecule is COc1c(Nc2c(N[C@@H](c3nn(C)cc3C)C3(C)CCCC3)c(=O)c2=O)ccnc1C(=O)OC(C)(C)C. The Kier molecular flexibility index (Phi) is 6.87. The number of carbonyl (C=O) groups excluding carboxylic acids is 1. The van der Waals surface area contributed by atoms with Crippen LogP contribution in [0.25, 0.3) is 0 Å². The maximum atomic E-state index is 12.8. The summed E-state index contributed by atoms with van der Waals surface area (Å²) < 4.78 is 12.7. The molecule has 198 valence electrons. The Labute approximate surface area is 216 Å². The second-order valence-corrected chi connectivity index (χ2v) is 11.1. The van der Waals surface area contributed by atoms with Crippen LogP contribution in [0.4, 0.5) is 17.1 Å². The van der Waals surface area contributed by atoms with E-state index in [1.54, 1.807) is 31.5 Å². The van der Waals surface area contributed by atoms with Gasteiger partial charge in [-0.1, -0.05) is 19.8 Å². The number of ether oxygens (including phenoxy) is 2. The molecule has 0 bridgehead atoms. The number of anilines is 3. The number of nitrogens with zero attached hydrogens (tertiary/aromatic N) is 3. The Morgan fingerprint density at radius 3 is 2.38 bits per heavy atom. The number of methoxy groups -OCH3 is 1. The molecule has 37 heavy (non-hydrogen) atoms. The molecular formula is C27H35N5O5. The Morgan fingerprint density at radius 1 is 1.16 bits per heavy atom. The lowest BCUT2D eigenvalue weighted by Crippen LogP contribution is -2.40. The van der Waals surface area contributed by atoms with E-state index in [1.165, 1.54) is 13.3 Å². The maximum absolute atomic E-state index is 12.8. The highest BCUT2D eigenvalue weighted by Gasteiger charge is 2.41. The molecule has 1 saturated carbocycles. The fourth-order valence-electron chi connectivity index (χ4n) is 5.11. The number of esters is 1. The first-order valence-corrected chi connectivity index (χ1v) is 12.5. The molecule has 10 heteroatoms. The molecule has 1 fully saturated rings. The number of aromatic nitrogens is 3. The van der Waals surface area contributed by atoms with Crippen molar-refractivity contribution in [3.8, 4) is 5.75 Å². The van der Waals surface area contributed by atoms with Crippen LogP contribution in [-0.4, -0.2) is 33.4 Å². The summed E-state index contributed by atoms with van der Waals surface area (Å²) in [7, 11) is 3.27. The lowest BCUT2D eigenvalue weighted by Gasteiger charge is -2.35. The molecule has 0 saturated heterocycles. The summed E-state index contributed by atoms with van der Waals surface area (Å²) in [5, 5.41) is 11.1. The monoisotopic (exact) mass is 509 g/mol. The Balaban J connectivity index is 1.70. The van der Waals surface area contributed by atoms with Crippen molar-refractivity contribution in [2.24, 2.45) is 12.5 Å². The van der Waals surface area contributed by atoms with Gasteiger partial charge in [-0.05, 0) is 57.6 Å². The van der Waals surface area contributed by atoms with Gasteiger partial charge in [-0.25, -0.2) is 9.78 Å². The van der Waals surface area contributed by atoms with Crippen LogP contribution in [-0.2, 0) is 11.8 Å². The minimum Gasteiger partial charge on any atom is -0.492 e. The zero-order valence-corrected chi connectivity index (χ0v) is 22.5. The van der Waals surface area contributed by atoms with Crippen molar-refractivity contribution in [3.63, 3.8) is 0 Å². The molecule has 3 aromatic rings. The molecular weight excluding hydrogens is 474 g/mol. The van der Waals surface area contributed by atoms with Gasteiger partial charge in [-0.2, -0.15) is 5.10 Å². The molecule has 0 unspecified atom stereocenters. The van der Waals surface area contributed by atoms with Crippen LogP contribution in [0, 0.1) is 12.3 Å². The molecule has 1 aromatic carbocycles. The Hall–Kier alpha value is -3.69. The lowest BCUT2D eigenvalue weighted by molar-refractivity contribution is 0.00596. The number of rotatable bonds is 8. The molecule has 0 radical (unpaired) electrons. The summed E-state index contributed by atoms with van der Waals surface area (Å²) in [5.74, 6) is -0.535. The van der Waals surface area contributed by atoms with Gasteiger partial charge >= 0.3 is 5.97 Å². The van der Waals surface area contributed by atoms with E-state index in [0.29, 0.717) is 5.69 Å². The summed E-state index contributed by atoms with van der Waals surface area (Å²) in [5.41, 5.74) is 0.389. The zero-order valence-electron chi connectivity index (χ0n) is 22.5. The van der Waals surface area contributed by atoms with Gasteiger partial charge in [0.15, 0.2) is 11.4 Å². The second-order valence-electron chi connectivity index (χ2n) is 11.1. The first-order valence-electron chi connectivity index (χ1n) is 12.5. The number of hydrogen-bond donors (Lipinski definition) is 2. The molecule has 1 aliphatic carbocycles. The van der Waals surface area contributed by atoms with Gasteiger partial charge in [-0.3, -0.25) is 14.3 Å². The minimum atomic E-state index is -0.724. The summed E-state index contributed by atoms with van der Waals surface area (Å²) >= 11 is 0. The molecule has 10 nitrogen and oxygen atoms in total. The molecule has 1 atom stereocenters. The van der Waals surface area contributed by atoms with E-state index in [1.807, 2.05) is 20.2 Å². The van der Waals surface area contributed by atoms with E-state index >= 15 is 0 Å². The van der Waals surface area contributed by atoms with Gasteiger partial charge in [0.1, 0.15) is 17.0 Å². The number of aryl methyl sites for hydroxylation is 2. The lowest BCUT2D eigenvalue weighted by atomic mass is 9.78. The normalized spacial score (nSPS) is 16.0. The quantitative estimate of drug-likeness (QED) is 0.340. The molecule has 1 aliphatic rings. The van der Waals surface area contributed by atoms with E-state index < -0.39 is 22.4 Å². The first kappa shape index (κ1) is 26.4. The second kappa shape index (κ2) is 9.64. The highest BCUT2D eigenvalue weighted by Crippen LogP contribution is 2.49. The van der Waals surface area contributed by atoms with Crippen molar-refractivity contribution in [1.82, 2.24) is 14.8 Å². The van der Waals surface area contributed by atoms with Gasteiger partial charge in [0.25, 0.3) is 10.9 Å². The number of carbonyl (C=O) groups is 1. The maximum Gasteiger partial charge on any atom is 0.361 e. The first-order chi connectivity index (χ1) is 17.3. The van der Waals surface area contributed by atoms with E-state index in [-0.39, 0.29) is 34.3 Å². The third-order valence-corrected chi connectivity index (χ3v) is 6.93. The molecule has 0 amide bonds. The summed E-state index contributed by atoms with van der Waals surface area (Å²) in [4.78, 5) is 42.3. The smallest absolute Gasteiger partial charge is 0.361 e. The molecule has 2 N–H and O–H groups in total. The van der Waals surface area contributed by atoms with Gasteiger partial charge in [0, 0.05) is 19.4 Å². The summed E-state index contributed by atoms with van der Waals surface area (Å²) in [6.07, 6.45) is 7.52. The fourth-order valence-corrected chi connectivity index (χ4v) is 5.11. The summed E-state index contributed by atoms with van der Waals surface area (Å²) in [6.45, 7) is 9.46. The van der Waals surface area contributed by atoms with Crippen molar-refractivity contribution in [2.45, 2.75) is 71.9 Å². The standard InChI is InChI=1S/C27H35N5O5/c1-15-14-32(6)31-17(15)24(27(5)11-8-9-12-27)30-19-18(21(33)22(19)34)29-16-10-13-28-20(23(16)36-7)25(35)37-26(2,3)4/h10,13-14,24,30H,8-9,11-12H2,1-7H3,(H,28,29)/t24-/m0/s1. The largest absolute Gasteiger partial charge is 0.492 e. The van der Waals surface area contributed by atoms with Crippen LogP contribution in [0.3, 0.4) is 0 Å². The third kappa shape index (κ3) is 5.10. The number of hydrogen-bond acceptors (Lipinski definition) is 9. The van der Waals surface area contributed by atoms with Gasteiger partial charge in [0.2, 0.25) is 0 Å². The van der Waals surface area contributed by atoms with Gasteiger partial charge in [0.05, 0.1) is 24.5 Å². The average molecular weight is 510 g/mol. The van der Waals surface area contributed by atoms with Gasteiger partial charge < -0.3 is 20.1 Å². The van der Waals surface area contributed by atoms with Crippen LogP contribution in [0.5, 0.6) is 5.75 Å². The summed E-state index contributed by atoms with van der Waals surface area (Å²) in [6, 6.07) is 1.32.